The molecule has 1 heterocycles. The second kappa shape index (κ2) is 7.44. The third kappa shape index (κ3) is 6.02. The lowest BCUT2D eigenvalue weighted by Crippen LogP contribution is -2.45. The van der Waals surface area contributed by atoms with Crippen molar-refractivity contribution in [3.05, 3.63) is 0 Å². The highest BCUT2D eigenvalue weighted by atomic mass is 32.2. The average Bonchev–Trinajstić information content (AvgIpc) is 2.68. The lowest BCUT2D eigenvalue weighted by Gasteiger charge is -2.10. The maximum absolute atomic E-state index is 11.5. The van der Waals surface area contributed by atoms with Gasteiger partial charge in [0.05, 0.1) is 11.5 Å². The van der Waals surface area contributed by atoms with Gasteiger partial charge in [0.25, 0.3) is 0 Å². The van der Waals surface area contributed by atoms with Crippen molar-refractivity contribution in [1.29, 1.82) is 0 Å². The predicted octanol–water partition coefficient (Wildman–Crippen LogP) is -1.43. The second-order valence-electron chi connectivity index (χ2n) is 4.61. The molecule has 1 fully saturated rings. The molecule has 0 spiro atoms. The van der Waals surface area contributed by atoms with Crippen molar-refractivity contribution in [2.45, 2.75) is 31.7 Å². The number of aliphatic hydroxyl groups is 1. The van der Waals surface area contributed by atoms with Gasteiger partial charge in [-0.15, -0.1) is 0 Å². The number of aliphatic hydroxyl groups excluding tert-OH is 1. The summed E-state index contributed by atoms with van der Waals surface area (Å²) in [5, 5.41) is 13.4. The minimum absolute atomic E-state index is 0.0563. The highest BCUT2D eigenvalue weighted by Gasteiger charge is 2.30. The Labute approximate surface area is 112 Å². The molecular formula is C11H20N2O5S. The van der Waals surface area contributed by atoms with E-state index >= 15 is 0 Å². The summed E-state index contributed by atoms with van der Waals surface area (Å²) in [5.41, 5.74) is 0. The fraction of sp³-hybridized carbons (Fsp3) is 0.818. The van der Waals surface area contributed by atoms with Gasteiger partial charge in [-0.1, -0.05) is 0 Å². The van der Waals surface area contributed by atoms with E-state index in [4.69, 9.17) is 5.11 Å². The van der Waals surface area contributed by atoms with Crippen LogP contribution in [-0.2, 0) is 19.4 Å². The summed E-state index contributed by atoms with van der Waals surface area (Å²) in [6.45, 7) is 0.486. The lowest BCUT2D eigenvalue weighted by molar-refractivity contribution is -0.139. The van der Waals surface area contributed by atoms with Crippen LogP contribution in [0.1, 0.15) is 25.7 Å². The number of hydrogen-bond acceptors (Lipinski definition) is 5. The topological polar surface area (TPSA) is 113 Å². The Morgan fingerprint density at radius 3 is 2.47 bits per heavy atom. The van der Waals surface area contributed by atoms with E-state index in [9.17, 15) is 18.0 Å². The van der Waals surface area contributed by atoms with Crippen molar-refractivity contribution >= 4 is 21.7 Å². The van der Waals surface area contributed by atoms with Crippen LogP contribution in [0.25, 0.3) is 0 Å². The smallest absolute Gasteiger partial charge is 0.309 e. The molecule has 2 amide bonds. The molecule has 0 aromatic rings. The second-order valence-corrected chi connectivity index (χ2v) is 6.84. The minimum atomic E-state index is -3.06. The summed E-state index contributed by atoms with van der Waals surface area (Å²) >= 11 is 0. The molecule has 110 valence electrons. The molecule has 0 aromatic carbocycles. The number of hydrogen-bond donors (Lipinski definition) is 3. The maximum Gasteiger partial charge on any atom is 0.309 e. The van der Waals surface area contributed by atoms with Crippen molar-refractivity contribution < 1.29 is 23.1 Å². The lowest BCUT2D eigenvalue weighted by atomic mass is 10.2. The van der Waals surface area contributed by atoms with E-state index in [2.05, 4.69) is 10.6 Å². The molecule has 3 N–H and O–H groups in total. The Morgan fingerprint density at radius 2 is 1.89 bits per heavy atom. The van der Waals surface area contributed by atoms with Crippen molar-refractivity contribution in [3.63, 3.8) is 0 Å². The summed E-state index contributed by atoms with van der Waals surface area (Å²) in [7, 11) is -3.06. The Bertz CT molecular complexity index is 421. The maximum atomic E-state index is 11.5. The van der Waals surface area contributed by atoms with Crippen molar-refractivity contribution in [2.24, 2.45) is 0 Å². The first-order chi connectivity index (χ1) is 8.94. The summed E-state index contributed by atoms with van der Waals surface area (Å²) < 4.78 is 22.4. The Morgan fingerprint density at radius 1 is 1.16 bits per heavy atom. The zero-order valence-electron chi connectivity index (χ0n) is 10.7. The molecule has 0 radical (unpaired) electrons. The van der Waals surface area contributed by atoms with Gasteiger partial charge in [-0.05, 0) is 25.7 Å². The van der Waals surface area contributed by atoms with Gasteiger partial charge in [0.15, 0.2) is 9.84 Å². The highest BCUT2D eigenvalue weighted by Crippen LogP contribution is 2.10. The third-order valence-electron chi connectivity index (χ3n) is 2.89. The van der Waals surface area contributed by atoms with Gasteiger partial charge in [-0.2, -0.15) is 0 Å². The van der Waals surface area contributed by atoms with Gasteiger partial charge in [0.1, 0.15) is 0 Å². The molecule has 0 saturated carbocycles. The first-order valence-electron chi connectivity index (χ1n) is 6.34. The van der Waals surface area contributed by atoms with E-state index in [-0.39, 0.29) is 18.1 Å². The molecule has 1 rings (SSSR count). The first kappa shape index (κ1) is 15.9. The van der Waals surface area contributed by atoms with Crippen LogP contribution in [0, 0.1) is 0 Å². The van der Waals surface area contributed by atoms with Gasteiger partial charge in [-0.3, -0.25) is 9.59 Å². The first-order valence-corrected chi connectivity index (χ1v) is 8.17. The largest absolute Gasteiger partial charge is 0.396 e. The van der Waals surface area contributed by atoms with Crippen LogP contribution < -0.4 is 10.6 Å². The van der Waals surface area contributed by atoms with Crippen molar-refractivity contribution in [3.8, 4) is 0 Å². The zero-order valence-corrected chi connectivity index (χ0v) is 11.5. The van der Waals surface area contributed by atoms with Crippen LogP contribution in [0.4, 0.5) is 0 Å². The average molecular weight is 292 g/mol. The Balaban J connectivity index is 2.20. The summed E-state index contributed by atoms with van der Waals surface area (Å²) in [6, 6.07) is -0.461. The molecule has 19 heavy (non-hydrogen) atoms. The van der Waals surface area contributed by atoms with E-state index in [0.717, 1.165) is 6.42 Å². The monoisotopic (exact) mass is 292 g/mol. The van der Waals surface area contributed by atoms with Crippen LogP contribution in [0.3, 0.4) is 0 Å². The molecule has 8 heteroatoms. The quantitative estimate of drug-likeness (QED) is 0.410. The molecular weight excluding hydrogens is 272 g/mol. The molecule has 0 aliphatic carbocycles. The van der Waals surface area contributed by atoms with E-state index in [1.807, 2.05) is 0 Å². The molecule has 1 saturated heterocycles. The van der Waals surface area contributed by atoms with Gasteiger partial charge in [0.2, 0.25) is 0 Å². The molecule has 1 unspecified atom stereocenters. The summed E-state index contributed by atoms with van der Waals surface area (Å²) in [4.78, 5) is 22.9. The number of amides is 2. The number of carbonyl (C=O) groups is 2. The summed E-state index contributed by atoms with van der Waals surface area (Å²) in [6.07, 6.45) is 2.50. The normalized spacial score (nSPS) is 21.0. The molecule has 1 aliphatic heterocycles. The van der Waals surface area contributed by atoms with Gasteiger partial charge in [-0.25, -0.2) is 8.42 Å². The number of unbranched alkanes of at least 4 members (excludes halogenated alkanes) is 2. The SMILES string of the molecule is O=C(NCCCCCO)C(=O)NC1CCS(=O)(=O)C1. The molecule has 1 atom stereocenters. The predicted molar refractivity (Wildman–Crippen MR) is 69.1 cm³/mol. The van der Waals surface area contributed by atoms with Gasteiger partial charge < -0.3 is 15.7 Å². The van der Waals surface area contributed by atoms with E-state index in [0.29, 0.717) is 25.8 Å². The van der Waals surface area contributed by atoms with Gasteiger partial charge in [0, 0.05) is 19.2 Å². The Hall–Kier alpha value is -1.15. The van der Waals surface area contributed by atoms with E-state index < -0.39 is 27.7 Å². The molecule has 7 nitrogen and oxygen atoms in total. The van der Waals surface area contributed by atoms with Crippen LogP contribution in [0.15, 0.2) is 0 Å². The third-order valence-corrected chi connectivity index (χ3v) is 4.66. The van der Waals surface area contributed by atoms with Crippen LogP contribution in [0.5, 0.6) is 0 Å². The summed E-state index contributed by atoms with van der Waals surface area (Å²) in [5.74, 6) is -1.57. The van der Waals surface area contributed by atoms with Crippen molar-refractivity contribution in [2.75, 3.05) is 24.7 Å². The fourth-order valence-corrected chi connectivity index (χ4v) is 3.53. The molecule has 0 aromatic heterocycles. The van der Waals surface area contributed by atoms with Crippen LogP contribution in [-0.4, -0.2) is 56.0 Å². The van der Waals surface area contributed by atoms with Gasteiger partial charge >= 0.3 is 11.8 Å². The van der Waals surface area contributed by atoms with Crippen LogP contribution >= 0.6 is 0 Å². The molecule has 0 bridgehead atoms. The number of rotatable bonds is 6. The highest BCUT2D eigenvalue weighted by molar-refractivity contribution is 7.91. The van der Waals surface area contributed by atoms with E-state index in [1.54, 1.807) is 0 Å². The van der Waals surface area contributed by atoms with Crippen molar-refractivity contribution in [1.82, 2.24) is 10.6 Å². The van der Waals surface area contributed by atoms with E-state index in [1.165, 1.54) is 0 Å². The number of nitrogens with one attached hydrogen (secondary N) is 2. The standard InChI is InChI=1S/C11H20N2O5S/c14-6-3-1-2-5-12-10(15)11(16)13-9-4-7-19(17,18)8-9/h9,14H,1-8H2,(H,12,15)(H,13,16). The Kier molecular flexibility index (Phi) is 6.23. The van der Waals surface area contributed by atoms with Crippen LogP contribution in [0.2, 0.25) is 0 Å². The number of sulfone groups is 1. The molecule has 1 aliphatic rings. The zero-order chi connectivity index (χ0) is 14.3. The number of carbonyl (C=O) groups excluding carboxylic acids is 2. The minimum Gasteiger partial charge on any atom is -0.396 e. The fourth-order valence-electron chi connectivity index (χ4n) is 1.86.